The summed E-state index contributed by atoms with van der Waals surface area (Å²) in [5, 5.41) is 0. The quantitative estimate of drug-likeness (QED) is 0.251. The third kappa shape index (κ3) is 9.86. The molecule has 94 valence electrons. The van der Waals surface area contributed by atoms with E-state index < -0.39 is 0 Å². The van der Waals surface area contributed by atoms with Gasteiger partial charge < -0.3 is 6.42 Å². The summed E-state index contributed by atoms with van der Waals surface area (Å²) in [6.07, 6.45) is 15.6. The summed E-state index contributed by atoms with van der Waals surface area (Å²) in [4.78, 5) is 0. The topological polar surface area (TPSA) is 0 Å². The predicted molar refractivity (Wildman–Crippen MR) is 79.1 cm³/mol. The normalized spacial score (nSPS) is 11.4. The molecule has 0 heteroatoms. The lowest BCUT2D eigenvalue weighted by molar-refractivity contribution is 0.888. The van der Waals surface area contributed by atoms with Crippen LogP contribution in [0.5, 0.6) is 0 Å². The van der Waals surface area contributed by atoms with Crippen LogP contribution in [0.4, 0.5) is 0 Å². The lowest BCUT2D eigenvalue weighted by Gasteiger charge is -2.13. The molecule has 0 atom stereocenters. The number of allylic oxidation sites excluding steroid dienone is 4. The van der Waals surface area contributed by atoms with E-state index in [2.05, 4.69) is 45.9 Å². The molecule has 0 amide bonds. The fraction of sp³-hybridized carbons (Fsp3) is 0.412. The molecular weight excluding hydrogens is 204 g/mol. The van der Waals surface area contributed by atoms with Gasteiger partial charge in [-0.1, -0.05) is 17.7 Å². The van der Waals surface area contributed by atoms with Gasteiger partial charge >= 0.3 is 0 Å². The van der Waals surface area contributed by atoms with Gasteiger partial charge in [0.15, 0.2) is 0 Å². The van der Waals surface area contributed by atoms with Gasteiger partial charge in [0.2, 0.25) is 0 Å². The molecule has 0 aliphatic rings. The second-order valence-corrected chi connectivity index (χ2v) is 4.23. The summed E-state index contributed by atoms with van der Waals surface area (Å²) in [5.74, 6) is 0. The summed E-state index contributed by atoms with van der Waals surface area (Å²) >= 11 is 0. The molecule has 0 saturated heterocycles. The van der Waals surface area contributed by atoms with E-state index in [4.69, 9.17) is 0 Å². The Hall–Kier alpha value is -1.04. The van der Waals surface area contributed by atoms with Crippen LogP contribution < -0.4 is 0 Å². The van der Waals surface area contributed by atoms with Crippen molar-refractivity contribution in [1.82, 2.24) is 0 Å². The van der Waals surface area contributed by atoms with Crippen molar-refractivity contribution in [1.29, 1.82) is 0 Å². The first kappa shape index (κ1) is 16.0. The molecule has 0 aliphatic heterocycles. The van der Waals surface area contributed by atoms with Crippen LogP contribution >= 0.6 is 0 Å². The molecule has 17 heavy (non-hydrogen) atoms. The Bertz CT molecular complexity index is 232. The fourth-order valence-corrected chi connectivity index (χ4v) is 1.55. The highest BCUT2D eigenvalue weighted by atomic mass is 14.0. The van der Waals surface area contributed by atoms with Gasteiger partial charge in [-0.3, -0.25) is 6.42 Å². The van der Waals surface area contributed by atoms with Crippen molar-refractivity contribution in [2.45, 2.75) is 44.9 Å². The lowest BCUT2D eigenvalue weighted by atomic mass is 10.0. The van der Waals surface area contributed by atoms with E-state index in [1.165, 1.54) is 11.1 Å². The van der Waals surface area contributed by atoms with E-state index in [1.54, 1.807) is 0 Å². The molecule has 0 radical (unpaired) electrons. The van der Waals surface area contributed by atoms with Gasteiger partial charge in [0.05, 0.1) is 13.3 Å². The number of rotatable bonds is 11. The smallest absolute Gasteiger partial charge is 0.0587 e. The Morgan fingerprint density at radius 1 is 1.12 bits per heavy atom. The third-order valence-corrected chi connectivity index (χ3v) is 2.54. The highest BCUT2D eigenvalue weighted by molar-refractivity contribution is 5.14. The molecule has 0 bridgehead atoms. The van der Waals surface area contributed by atoms with E-state index in [0.717, 1.165) is 44.9 Å². The van der Waals surface area contributed by atoms with Gasteiger partial charge in [0.1, 0.15) is 0 Å². The van der Waals surface area contributed by atoms with Crippen molar-refractivity contribution in [2.24, 2.45) is 0 Å². The van der Waals surface area contributed by atoms with Crippen LogP contribution in [0.2, 0.25) is 0 Å². The molecule has 0 nitrogen and oxygen atoms in total. The van der Waals surface area contributed by atoms with Crippen LogP contribution in [-0.2, 0) is 0 Å². The maximum atomic E-state index is 4.07. The molecule has 0 saturated carbocycles. The maximum Gasteiger partial charge on any atom is 0.0587 e. The van der Waals surface area contributed by atoms with Crippen LogP contribution in [0.15, 0.2) is 36.5 Å². The Labute approximate surface area is 109 Å². The van der Waals surface area contributed by atoms with Crippen LogP contribution in [0, 0.1) is 26.7 Å². The highest BCUT2D eigenvalue weighted by Gasteiger charge is 1.92. The van der Waals surface area contributed by atoms with Crippen molar-refractivity contribution in [3.05, 3.63) is 63.1 Å². The van der Waals surface area contributed by atoms with Gasteiger partial charge in [0.25, 0.3) is 0 Å². The molecule has 0 N–H and O–H groups in total. The second-order valence-electron chi connectivity index (χ2n) is 4.23. The monoisotopic (exact) mass is 230 g/mol. The van der Waals surface area contributed by atoms with Crippen molar-refractivity contribution in [3.8, 4) is 0 Å². The van der Waals surface area contributed by atoms with Gasteiger partial charge in [0, 0.05) is 6.92 Å². The number of hydrogen-bond donors (Lipinski definition) is 0. The first-order chi connectivity index (χ1) is 8.24. The van der Waals surface area contributed by atoms with Crippen LogP contribution in [-0.4, -0.2) is 0 Å². The Morgan fingerprint density at radius 2 is 1.88 bits per heavy atom. The van der Waals surface area contributed by atoms with E-state index >= 15 is 0 Å². The van der Waals surface area contributed by atoms with Crippen molar-refractivity contribution in [2.75, 3.05) is 0 Å². The Morgan fingerprint density at radius 3 is 2.47 bits per heavy atom. The van der Waals surface area contributed by atoms with Gasteiger partial charge in [-0.05, 0) is 19.3 Å². The highest BCUT2D eigenvalue weighted by Crippen LogP contribution is 2.16. The van der Waals surface area contributed by atoms with Gasteiger partial charge in [-0.2, -0.15) is 12.8 Å². The van der Waals surface area contributed by atoms with Crippen molar-refractivity contribution < 1.29 is 0 Å². The summed E-state index contributed by atoms with van der Waals surface area (Å²) in [6.45, 7) is 15.5. The van der Waals surface area contributed by atoms with Crippen molar-refractivity contribution >= 4 is 0 Å². The molecule has 0 spiro atoms. The fourth-order valence-electron chi connectivity index (χ4n) is 1.55. The first-order valence-electron chi connectivity index (χ1n) is 6.41. The van der Waals surface area contributed by atoms with E-state index in [0.29, 0.717) is 0 Å². The molecule has 0 aromatic heterocycles. The summed E-state index contributed by atoms with van der Waals surface area (Å²) in [7, 11) is 0. The number of unbranched alkanes of at least 4 members (excludes halogenated alkanes) is 3. The Kier molecular flexibility index (Phi) is 10.7. The average Bonchev–Trinajstić information content (AvgIpc) is 2.33. The molecule has 0 unspecified atom stereocenters. The lowest BCUT2D eigenvalue weighted by Crippen LogP contribution is -1.87. The molecule has 0 rings (SSSR count). The first-order valence-corrected chi connectivity index (χ1v) is 6.41. The minimum Gasteiger partial charge on any atom is -0.321 e. The van der Waals surface area contributed by atoms with Crippen LogP contribution in [0.1, 0.15) is 44.9 Å². The summed E-state index contributed by atoms with van der Waals surface area (Å²) < 4.78 is 0. The molecule has 0 aromatic rings. The third-order valence-electron chi connectivity index (χ3n) is 2.54. The minimum absolute atomic E-state index is 0.875. The average molecular weight is 230 g/mol. The predicted octanol–water partition coefficient (Wildman–Crippen LogP) is 5.46. The maximum absolute atomic E-state index is 4.07. The second kappa shape index (κ2) is 11.4. The summed E-state index contributed by atoms with van der Waals surface area (Å²) in [6, 6.07) is 0. The largest absolute Gasteiger partial charge is 0.321 e. The Balaban J connectivity index is 4.00. The zero-order valence-electron chi connectivity index (χ0n) is 11.1. The summed E-state index contributed by atoms with van der Waals surface area (Å²) in [5.41, 5.74) is 2.69. The molecule has 0 heterocycles. The standard InChI is InChI=1S/C17H26/c1-5-8-10-13-17(11-7-3)15-14-16(4)12-9-6-2/h7,9-10,15H,1-6,8,11-14H2. The molecule has 0 fully saturated rings. The zero-order chi connectivity index (χ0) is 12.9. The zero-order valence-corrected chi connectivity index (χ0v) is 11.1. The number of hydrogen-bond acceptors (Lipinski definition) is 0. The van der Waals surface area contributed by atoms with Crippen molar-refractivity contribution in [3.63, 3.8) is 0 Å². The minimum atomic E-state index is 0.875. The van der Waals surface area contributed by atoms with Crippen LogP contribution in [0.25, 0.3) is 0 Å². The van der Waals surface area contributed by atoms with Gasteiger partial charge in [-0.25, -0.2) is 0 Å². The van der Waals surface area contributed by atoms with E-state index in [1.807, 2.05) is 6.08 Å². The molecule has 0 aromatic carbocycles. The SMILES string of the molecule is C=CCC(=CCC(=C)C[CH-]C[CH2+])C[CH-]CC[CH2+]. The molecule has 0 aliphatic carbocycles. The van der Waals surface area contributed by atoms with Crippen LogP contribution in [0.3, 0.4) is 0 Å². The van der Waals surface area contributed by atoms with Gasteiger partial charge in [-0.15, -0.1) is 25.2 Å². The van der Waals surface area contributed by atoms with E-state index in [-0.39, 0.29) is 0 Å². The van der Waals surface area contributed by atoms with E-state index in [9.17, 15) is 0 Å². The molecular formula is C17H26.